The number of aryl methyl sites for hydroxylation is 2. The first-order chi connectivity index (χ1) is 6.70. The van der Waals surface area contributed by atoms with Gasteiger partial charge in [0.05, 0.1) is 0 Å². The summed E-state index contributed by atoms with van der Waals surface area (Å²) in [6.07, 6.45) is 0. The van der Waals surface area contributed by atoms with Crippen LogP contribution in [0.3, 0.4) is 0 Å². The molecular formula is C12H18O2. The van der Waals surface area contributed by atoms with Gasteiger partial charge in [-0.3, -0.25) is 0 Å². The zero-order valence-corrected chi connectivity index (χ0v) is 9.60. The molecule has 0 fully saturated rings. The highest BCUT2D eigenvalue weighted by molar-refractivity contribution is 5.55. The summed E-state index contributed by atoms with van der Waals surface area (Å²) in [5.74, 6) is 1.84. The Hall–Kier alpha value is -1.18. The molecule has 0 saturated heterocycles. The van der Waals surface area contributed by atoms with Gasteiger partial charge in [0.1, 0.15) is 0 Å². The molecule has 2 nitrogen and oxygen atoms in total. The number of hydrogen-bond acceptors (Lipinski definition) is 2. The zero-order valence-electron chi connectivity index (χ0n) is 9.60. The molecule has 2 heteroatoms. The summed E-state index contributed by atoms with van der Waals surface area (Å²) >= 11 is 0. The number of benzene rings is 1. The lowest BCUT2D eigenvalue weighted by Gasteiger charge is -2.06. The van der Waals surface area contributed by atoms with Crippen molar-refractivity contribution in [2.75, 3.05) is 6.79 Å². The number of hydrogen-bond donors (Lipinski definition) is 0. The predicted molar refractivity (Wildman–Crippen MR) is 58.1 cm³/mol. The fourth-order valence-electron chi connectivity index (χ4n) is 1.53. The molecule has 1 aliphatic heterocycles. The van der Waals surface area contributed by atoms with Crippen LogP contribution in [0.25, 0.3) is 0 Å². The van der Waals surface area contributed by atoms with Crippen LogP contribution in [0.2, 0.25) is 0 Å². The third-order valence-electron chi connectivity index (χ3n) is 2.34. The highest BCUT2D eigenvalue weighted by Gasteiger charge is 2.19. The van der Waals surface area contributed by atoms with E-state index in [4.69, 9.17) is 9.47 Å². The summed E-state index contributed by atoms with van der Waals surface area (Å²) in [6.45, 7) is 10.5. The van der Waals surface area contributed by atoms with E-state index in [0.29, 0.717) is 6.79 Å². The Balaban J connectivity index is 0.000000461. The molecule has 0 bridgehead atoms. The second-order valence-corrected chi connectivity index (χ2v) is 3.20. The topological polar surface area (TPSA) is 18.5 Å². The smallest absolute Gasteiger partial charge is 0.231 e. The van der Waals surface area contributed by atoms with Gasteiger partial charge in [0.2, 0.25) is 6.79 Å². The normalized spacial score (nSPS) is 12.1. The van der Waals surface area contributed by atoms with Gasteiger partial charge in [-0.05, 0) is 37.5 Å². The lowest BCUT2D eigenvalue weighted by Crippen LogP contribution is -1.93. The molecule has 1 heterocycles. The van der Waals surface area contributed by atoms with Crippen LogP contribution in [-0.2, 0) is 0 Å². The Labute approximate surface area is 85.8 Å². The molecule has 14 heavy (non-hydrogen) atoms. The van der Waals surface area contributed by atoms with E-state index in [9.17, 15) is 0 Å². The van der Waals surface area contributed by atoms with Gasteiger partial charge in [-0.25, -0.2) is 0 Å². The summed E-state index contributed by atoms with van der Waals surface area (Å²) in [5, 5.41) is 0. The van der Waals surface area contributed by atoms with Crippen molar-refractivity contribution in [1.29, 1.82) is 0 Å². The Bertz CT molecular complexity index is 330. The molecule has 1 aromatic rings. The maximum Gasteiger partial charge on any atom is 0.231 e. The summed E-state index contributed by atoms with van der Waals surface area (Å²) in [6, 6.07) is 2.13. The van der Waals surface area contributed by atoms with Crippen molar-refractivity contribution in [2.45, 2.75) is 34.6 Å². The first kappa shape index (κ1) is 10.9. The number of ether oxygens (including phenoxy) is 2. The lowest BCUT2D eigenvalue weighted by atomic mass is 10.0. The van der Waals surface area contributed by atoms with Crippen molar-refractivity contribution >= 4 is 0 Å². The minimum atomic E-state index is 0.362. The van der Waals surface area contributed by atoms with Crippen LogP contribution in [-0.4, -0.2) is 6.79 Å². The molecule has 0 spiro atoms. The van der Waals surface area contributed by atoms with Crippen molar-refractivity contribution in [3.63, 3.8) is 0 Å². The standard InChI is InChI=1S/C10H12O2.C2H6/c1-6-4-7(2)9-10(8(6)3)12-5-11-9;1-2/h4H,5H2,1-3H3;1-2H3. The number of rotatable bonds is 0. The average molecular weight is 194 g/mol. The maximum atomic E-state index is 5.37. The Morgan fingerprint density at radius 3 is 2.14 bits per heavy atom. The van der Waals surface area contributed by atoms with E-state index in [1.165, 1.54) is 11.1 Å². The highest BCUT2D eigenvalue weighted by Crippen LogP contribution is 2.39. The van der Waals surface area contributed by atoms with Crippen LogP contribution in [0.15, 0.2) is 6.07 Å². The van der Waals surface area contributed by atoms with E-state index < -0.39 is 0 Å². The summed E-state index contributed by atoms with van der Waals surface area (Å²) in [4.78, 5) is 0. The van der Waals surface area contributed by atoms with Crippen molar-refractivity contribution in [1.82, 2.24) is 0 Å². The van der Waals surface area contributed by atoms with E-state index >= 15 is 0 Å². The Kier molecular flexibility index (Phi) is 3.39. The quantitative estimate of drug-likeness (QED) is 0.630. The van der Waals surface area contributed by atoms with Gasteiger partial charge in [0.25, 0.3) is 0 Å². The maximum absolute atomic E-state index is 5.37. The van der Waals surface area contributed by atoms with Crippen molar-refractivity contribution in [3.8, 4) is 11.5 Å². The van der Waals surface area contributed by atoms with Crippen LogP contribution in [0, 0.1) is 20.8 Å². The van der Waals surface area contributed by atoms with Gasteiger partial charge in [0, 0.05) is 0 Å². The van der Waals surface area contributed by atoms with E-state index in [1.54, 1.807) is 0 Å². The summed E-state index contributed by atoms with van der Waals surface area (Å²) in [5.41, 5.74) is 3.61. The molecule has 1 aliphatic rings. The van der Waals surface area contributed by atoms with Crippen molar-refractivity contribution < 1.29 is 9.47 Å². The minimum absolute atomic E-state index is 0.362. The van der Waals surface area contributed by atoms with Crippen LogP contribution >= 0.6 is 0 Å². The molecule has 0 radical (unpaired) electrons. The van der Waals surface area contributed by atoms with E-state index in [1.807, 2.05) is 20.8 Å². The van der Waals surface area contributed by atoms with Gasteiger partial charge < -0.3 is 9.47 Å². The molecule has 2 rings (SSSR count). The van der Waals surface area contributed by atoms with Crippen LogP contribution < -0.4 is 9.47 Å². The van der Waals surface area contributed by atoms with Gasteiger partial charge in [-0.15, -0.1) is 0 Å². The van der Waals surface area contributed by atoms with Gasteiger partial charge in [-0.2, -0.15) is 0 Å². The molecule has 78 valence electrons. The highest BCUT2D eigenvalue weighted by atomic mass is 16.7. The Morgan fingerprint density at radius 2 is 1.50 bits per heavy atom. The summed E-state index contributed by atoms with van der Waals surface area (Å²) in [7, 11) is 0. The monoisotopic (exact) mass is 194 g/mol. The second-order valence-electron chi connectivity index (χ2n) is 3.20. The third-order valence-corrected chi connectivity index (χ3v) is 2.34. The third kappa shape index (κ3) is 1.69. The zero-order chi connectivity index (χ0) is 10.7. The Morgan fingerprint density at radius 1 is 0.929 bits per heavy atom. The molecule has 0 saturated carbocycles. The molecule has 0 atom stereocenters. The fraction of sp³-hybridized carbons (Fsp3) is 0.500. The first-order valence-electron chi connectivity index (χ1n) is 5.06. The molecule has 0 aromatic heterocycles. The number of fused-ring (bicyclic) bond motifs is 1. The average Bonchev–Trinajstić information content (AvgIpc) is 2.67. The van der Waals surface area contributed by atoms with Crippen LogP contribution in [0.1, 0.15) is 30.5 Å². The van der Waals surface area contributed by atoms with Gasteiger partial charge >= 0.3 is 0 Å². The predicted octanol–water partition coefficient (Wildman–Crippen LogP) is 3.37. The van der Waals surface area contributed by atoms with E-state index in [0.717, 1.165) is 17.1 Å². The molecular weight excluding hydrogens is 176 g/mol. The largest absolute Gasteiger partial charge is 0.453 e. The second kappa shape index (κ2) is 4.36. The molecule has 0 N–H and O–H groups in total. The molecule has 0 amide bonds. The fourth-order valence-corrected chi connectivity index (χ4v) is 1.53. The van der Waals surface area contributed by atoms with Crippen LogP contribution in [0.5, 0.6) is 11.5 Å². The molecule has 0 unspecified atom stereocenters. The SMILES string of the molecule is CC.Cc1cc(C)c2c(c1C)OCO2. The summed E-state index contributed by atoms with van der Waals surface area (Å²) < 4.78 is 10.7. The molecule has 1 aromatic carbocycles. The van der Waals surface area contributed by atoms with Gasteiger partial charge in [0.15, 0.2) is 11.5 Å². The van der Waals surface area contributed by atoms with Crippen molar-refractivity contribution in [3.05, 3.63) is 22.8 Å². The first-order valence-corrected chi connectivity index (χ1v) is 5.06. The molecule has 0 aliphatic carbocycles. The van der Waals surface area contributed by atoms with E-state index in [2.05, 4.69) is 19.9 Å². The van der Waals surface area contributed by atoms with Crippen LogP contribution in [0.4, 0.5) is 0 Å². The lowest BCUT2D eigenvalue weighted by molar-refractivity contribution is 0.173. The van der Waals surface area contributed by atoms with Crippen molar-refractivity contribution in [2.24, 2.45) is 0 Å². The minimum Gasteiger partial charge on any atom is -0.453 e. The van der Waals surface area contributed by atoms with E-state index in [-0.39, 0.29) is 0 Å². The van der Waals surface area contributed by atoms with Gasteiger partial charge in [-0.1, -0.05) is 19.9 Å².